The minimum Gasteiger partial charge on any atom is -0.493 e. The Bertz CT molecular complexity index is 915. The van der Waals surface area contributed by atoms with E-state index in [-0.39, 0.29) is 5.57 Å². The van der Waals surface area contributed by atoms with E-state index in [1.807, 2.05) is 0 Å². The van der Waals surface area contributed by atoms with Gasteiger partial charge in [-0.05, 0) is 35.9 Å². The number of rotatable bonds is 5. The molecule has 0 unspecified atom stereocenters. The quantitative estimate of drug-likeness (QED) is 0.625. The number of hydrogen-bond acceptors (Lipinski definition) is 4. The van der Waals surface area contributed by atoms with Crippen molar-refractivity contribution in [1.29, 1.82) is 5.26 Å². The number of halogens is 3. The molecule has 2 aromatic carbocycles. The van der Waals surface area contributed by atoms with Crippen LogP contribution in [-0.2, 0) is 11.0 Å². The van der Waals surface area contributed by atoms with Gasteiger partial charge in [0, 0.05) is 0 Å². The van der Waals surface area contributed by atoms with E-state index >= 15 is 0 Å². The number of nitrogens with one attached hydrogen (secondary N) is 1. The summed E-state index contributed by atoms with van der Waals surface area (Å²) in [5.74, 6) is -0.118. The van der Waals surface area contributed by atoms with Crippen molar-refractivity contribution in [1.82, 2.24) is 0 Å². The molecule has 2 rings (SSSR count). The first-order chi connectivity index (χ1) is 12.8. The Labute approximate surface area is 153 Å². The fraction of sp³-hybridized carbons (Fsp3) is 0.158. The fourth-order valence-electron chi connectivity index (χ4n) is 2.29. The molecule has 1 N–H and O–H groups in total. The predicted molar refractivity (Wildman–Crippen MR) is 93.2 cm³/mol. The van der Waals surface area contributed by atoms with Gasteiger partial charge in [0.15, 0.2) is 11.5 Å². The van der Waals surface area contributed by atoms with Crippen molar-refractivity contribution < 1.29 is 27.4 Å². The lowest BCUT2D eigenvalue weighted by Crippen LogP contribution is -2.17. The summed E-state index contributed by atoms with van der Waals surface area (Å²) in [4.78, 5) is 12.3. The number of nitrogens with zero attached hydrogens (tertiary/aromatic N) is 1. The molecule has 0 spiro atoms. The van der Waals surface area contributed by atoms with Crippen molar-refractivity contribution in [2.45, 2.75) is 6.18 Å². The first kappa shape index (κ1) is 19.8. The molecule has 0 saturated carbocycles. The summed E-state index contributed by atoms with van der Waals surface area (Å²) in [6.07, 6.45) is -3.39. The smallest absolute Gasteiger partial charge is 0.418 e. The van der Waals surface area contributed by atoms with Gasteiger partial charge < -0.3 is 14.8 Å². The molecular formula is C19H15F3N2O3. The maximum Gasteiger partial charge on any atom is 0.418 e. The Morgan fingerprint density at radius 1 is 1.11 bits per heavy atom. The second kappa shape index (κ2) is 8.27. The van der Waals surface area contributed by atoms with E-state index in [0.717, 1.165) is 12.1 Å². The molecular weight excluding hydrogens is 361 g/mol. The van der Waals surface area contributed by atoms with Gasteiger partial charge in [0.2, 0.25) is 0 Å². The highest BCUT2D eigenvalue weighted by Gasteiger charge is 2.33. The molecule has 5 nitrogen and oxygen atoms in total. The van der Waals surface area contributed by atoms with E-state index in [0.29, 0.717) is 17.1 Å². The number of nitriles is 1. The molecule has 0 aliphatic carbocycles. The maximum absolute atomic E-state index is 13.0. The van der Waals surface area contributed by atoms with Crippen LogP contribution in [0.15, 0.2) is 48.0 Å². The number of ether oxygens (including phenoxy) is 2. The second-order valence-electron chi connectivity index (χ2n) is 5.28. The molecule has 0 aromatic heterocycles. The molecule has 0 saturated heterocycles. The Kier molecular flexibility index (Phi) is 6.08. The highest BCUT2D eigenvalue weighted by Crippen LogP contribution is 2.34. The van der Waals surface area contributed by atoms with Crippen LogP contribution in [0.5, 0.6) is 11.5 Å². The van der Waals surface area contributed by atoms with Crippen molar-refractivity contribution in [2.24, 2.45) is 0 Å². The highest BCUT2D eigenvalue weighted by molar-refractivity contribution is 6.10. The van der Waals surface area contributed by atoms with Gasteiger partial charge in [0.1, 0.15) is 11.6 Å². The third kappa shape index (κ3) is 4.79. The molecule has 0 fully saturated rings. The number of benzene rings is 2. The standard InChI is InChI=1S/C19H15F3N2O3/c1-26-16-8-7-12(10-17(16)27-2)9-13(11-23)18(25)24-15-6-4-3-5-14(15)19(20,21)22/h3-10H,1-2H3,(H,24,25)/b13-9+. The van der Waals surface area contributed by atoms with Gasteiger partial charge >= 0.3 is 6.18 Å². The van der Waals surface area contributed by atoms with Crippen LogP contribution in [0.2, 0.25) is 0 Å². The summed E-state index contributed by atoms with van der Waals surface area (Å²) >= 11 is 0. The summed E-state index contributed by atoms with van der Waals surface area (Å²) in [5, 5.41) is 11.4. The largest absolute Gasteiger partial charge is 0.493 e. The number of carbonyl (C=O) groups is 1. The number of anilines is 1. The molecule has 0 bridgehead atoms. The van der Waals surface area contributed by atoms with E-state index in [4.69, 9.17) is 9.47 Å². The third-order valence-electron chi connectivity index (χ3n) is 3.56. The van der Waals surface area contributed by atoms with E-state index in [2.05, 4.69) is 5.32 Å². The van der Waals surface area contributed by atoms with Crippen molar-refractivity contribution in [2.75, 3.05) is 19.5 Å². The van der Waals surface area contributed by atoms with E-state index in [1.165, 1.54) is 38.5 Å². The third-order valence-corrected chi connectivity index (χ3v) is 3.56. The molecule has 8 heteroatoms. The molecule has 27 heavy (non-hydrogen) atoms. The highest BCUT2D eigenvalue weighted by atomic mass is 19.4. The van der Waals surface area contributed by atoms with Gasteiger partial charge in [0.05, 0.1) is 25.5 Å². The topological polar surface area (TPSA) is 71.3 Å². The van der Waals surface area contributed by atoms with Gasteiger partial charge in [0.25, 0.3) is 5.91 Å². The van der Waals surface area contributed by atoms with E-state index in [1.54, 1.807) is 18.2 Å². The van der Waals surface area contributed by atoms with Crippen molar-refractivity contribution >= 4 is 17.7 Å². The molecule has 140 valence electrons. The van der Waals surface area contributed by atoms with Crippen LogP contribution >= 0.6 is 0 Å². The molecule has 0 heterocycles. The average molecular weight is 376 g/mol. The van der Waals surface area contributed by atoms with Crippen molar-refractivity contribution in [3.63, 3.8) is 0 Å². The summed E-state index contributed by atoms with van der Waals surface area (Å²) in [5.41, 5.74) is -1.34. The van der Waals surface area contributed by atoms with Crippen LogP contribution in [0.25, 0.3) is 6.08 Å². The zero-order valence-corrected chi connectivity index (χ0v) is 14.4. The Balaban J connectivity index is 2.33. The fourth-order valence-corrected chi connectivity index (χ4v) is 2.29. The Morgan fingerprint density at radius 3 is 2.37 bits per heavy atom. The van der Waals surface area contributed by atoms with Crippen LogP contribution in [0.3, 0.4) is 0 Å². The van der Waals surface area contributed by atoms with E-state index in [9.17, 15) is 23.2 Å². The van der Waals surface area contributed by atoms with Crippen LogP contribution in [-0.4, -0.2) is 20.1 Å². The molecule has 0 radical (unpaired) electrons. The minimum absolute atomic E-state index is 0.362. The molecule has 0 aliphatic rings. The number of carbonyl (C=O) groups excluding carboxylic acids is 1. The van der Waals surface area contributed by atoms with Crippen molar-refractivity contribution in [3.8, 4) is 17.6 Å². The number of para-hydroxylation sites is 1. The van der Waals surface area contributed by atoms with Crippen molar-refractivity contribution in [3.05, 3.63) is 59.2 Å². The lowest BCUT2D eigenvalue weighted by molar-refractivity contribution is -0.137. The SMILES string of the molecule is COc1ccc(/C=C(\C#N)C(=O)Nc2ccccc2C(F)(F)F)cc1OC. The maximum atomic E-state index is 13.0. The monoisotopic (exact) mass is 376 g/mol. The lowest BCUT2D eigenvalue weighted by atomic mass is 10.1. The van der Waals surface area contributed by atoms with Crippen LogP contribution in [0.4, 0.5) is 18.9 Å². The summed E-state index contributed by atoms with van der Waals surface area (Å²) in [7, 11) is 2.89. The number of amides is 1. The number of methoxy groups -OCH3 is 2. The molecule has 0 aliphatic heterocycles. The predicted octanol–water partition coefficient (Wildman–Crippen LogP) is 4.27. The first-order valence-corrected chi connectivity index (χ1v) is 7.61. The minimum atomic E-state index is -4.64. The van der Waals surface area contributed by atoms with Gasteiger partial charge in [-0.1, -0.05) is 18.2 Å². The zero-order valence-electron chi connectivity index (χ0n) is 14.4. The summed E-state index contributed by atoms with van der Waals surface area (Å²) < 4.78 is 49.3. The van der Waals surface area contributed by atoms with Gasteiger partial charge in [-0.25, -0.2) is 0 Å². The number of hydrogen-bond donors (Lipinski definition) is 1. The first-order valence-electron chi connectivity index (χ1n) is 7.61. The van der Waals surface area contributed by atoms with Crippen LogP contribution in [0.1, 0.15) is 11.1 Å². The average Bonchev–Trinajstić information content (AvgIpc) is 2.65. The van der Waals surface area contributed by atoms with Crippen LogP contribution < -0.4 is 14.8 Å². The molecule has 1 amide bonds. The molecule has 0 atom stereocenters. The Hall–Kier alpha value is -3.47. The van der Waals surface area contributed by atoms with Gasteiger partial charge in [-0.3, -0.25) is 4.79 Å². The van der Waals surface area contributed by atoms with Gasteiger partial charge in [-0.2, -0.15) is 18.4 Å². The number of alkyl halides is 3. The van der Waals surface area contributed by atoms with E-state index < -0.39 is 23.3 Å². The lowest BCUT2D eigenvalue weighted by Gasteiger charge is -2.13. The second-order valence-corrected chi connectivity index (χ2v) is 5.28. The summed E-state index contributed by atoms with van der Waals surface area (Å²) in [6, 6.07) is 10.9. The summed E-state index contributed by atoms with van der Waals surface area (Å²) in [6.45, 7) is 0. The normalized spacial score (nSPS) is 11.5. The Morgan fingerprint density at radius 2 is 1.78 bits per heavy atom. The van der Waals surface area contributed by atoms with Crippen LogP contribution in [0, 0.1) is 11.3 Å². The zero-order chi connectivity index (χ0) is 20.0. The molecule has 2 aromatic rings. The van der Waals surface area contributed by atoms with Gasteiger partial charge in [-0.15, -0.1) is 0 Å².